The molecule has 1 aliphatic rings. The summed E-state index contributed by atoms with van der Waals surface area (Å²) in [5, 5.41) is 4.49. The van der Waals surface area contributed by atoms with Crippen LogP contribution < -0.4 is 10.5 Å². The molecule has 0 unspecified atom stereocenters. The van der Waals surface area contributed by atoms with E-state index in [4.69, 9.17) is 15.2 Å². The summed E-state index contributed by atoms with van der Waals surface area (Å²) in [4.78, 5) is 2.33. The van der Waals surface area contributed by atoms with E-state index >= 15 is 0 Å². The first kappa shape index (κ1) is 14.9. The van der Waals surface area contributed by atoms with Gasteiger partial charge in [-0.3, -0.25) is 4.90 Å². The molecule has 118 valence electrons. The van der Waals surface area contributed by atoms with Crippen molar-refractivity contribution in [3.8, 4) is 11.6 Å². The molecule has 1 aliphatic heterocycles. The van der Waals surface area contributed by atoms with Crippen molar-refractivity contribution in [3.63, 3.8) is 0 Å². The standard InChI is InChI=1S/C16H22N4O2/c1-13-15(17)20(14-5-3-2-4-6-14)18-16(13)22-12-9-19-7-10-21-11-8-19/h2-6H,7-12,17H2,1H3. The van der Waals surface area contributed by atoms with Gasteiger partial charge in [0, 0.05) is 19.6 Å². The van der Waals surface area contributed by atoms with Gasteiger partial charge in [0.1, 0.15) is 12.4 Å². The largest absolute Gasteiger partial charge is 0.475 e. The first-order valence-corrected chi connectivity index (χ1v) is 7.59. The monoisotopic (exact) mass is 302 g/mol. The van der Waals surface area contributed by atoms with Crippen LogP contribution in [0, 0.1) is 6.92 Å². The molecule has 0 aliphatic carbocycles. The van der Waals surface area contributed by atoms with Gasteiger partial charge in [-0.25, -0.2) is 4.68 Å². The van der Waals surface area contributed by atoms with E-state index in [1.54, 1.807) is 4.68 Å². The molecule has 6 nitrogen and oxygen atoms in total. The van der Waals surface area contributed by atoms with E-state index in [9.17, 15) is 0 Å². The average Bonchev–Trinajstić information content (AvgIpc) is 2.85. The maximum atomic E-state index is 6.14. The summed E-state index contributed by atoms with van der Waals surface area (Å²) in [5.74, 6) is 1.22. The zero-order chi connectivity index (χ0) is 15.4. The van der Waals surface area contributed by atoms with E-state index in [-0.39, 0.29) is 0 Å². The van der Waals surface area contributed by atoms with Gasteiger partial charge in [-0.1, -0.05) is 18.2 Å². The van der Waals surface area contributed by atoms with Crippen LogP contribution in [0.5, 0.6) is 5.88 Å². The number of benzene rings is 1. The molecule has 0 bridgehead atoms. The number of nitrogens with zero attached hydrogens (tertiary/aromatic N) is 3. The third kappa shape index (κ3) is 3.23. The number of hydrogen-bond donors (Lipinski definition) is 1. The van der Waals surface area contributed by atoms with Crippen LogP contribution in [0.25, 0.3) is 5.69 Å². The normalized spacial score (nSPS) is 15.9. The number of nitrogen functional groups attached to an aromatic ring is 1. The van der Waals surface area contributed by atoms with Crippen LogP contribution in [0.4, 0.5) is 5.82 Å². The Balaban J connectivity index is 1.64. The molecule has 0 saturated carbocycles. The van der Waals surface area contributed by atoms with E-state index < -0.39 is 0 Å². The third-order valence-corrected chi connectivity index (χ3v) is 3.87. The van der Waals surface area contributed by atoms with Crippen LogP contribution in [0.15, 0.2) is 30.3 Å². The Morgan fingerprint density at radius 3 is 2.68 bits per heavy atom. The Bertz CT molecular complexity index is 606. The number of aromatic nitrogens is 2. The Hall–Kier alpha value is -2.05. The highest BCUT2D eigenvalue weighted by Gasteiger charge is 2.15. The summed E-state index contributed by atoms with van der Waals surface area (Å²) >= 11 is 0. The third-order valence-electron chi connectivity index (χ3n) is 3.87. The first-order valence-electron chi connectivity index (χ1n) is 7.59. The molecule has 0 atom stereocenters. The van der Waals surface area contributed by atoms with Crippen LogP contribution >= 0.6 is 0 Å². The van der Waals surface area contributed by atoms with Gasteiger partial charge in [0.25, 0.3) is 0 Å². The lowest BCUT2D eigenvalue weighted by molar-refractivity contribution is 0.0319. The van der Waals surface area contributed by atoms with Crippen LogP contribution in [-0.4, -0.2) is 54.1 Å². The smallest absolute Gasteiger partial charge is 0.238 e. The van der Waals surface area contributed by atoms with Crippen molar-refractivity contribution in [3.05, 3.63) is 35.9 Å². The lowest BCUT2D eigenvalue weighted by Gasteiger charge is -2.26. The molecular formula is C16H22N4O2. The second-order valence-electron chi connectivity index (χ2n) is 5.37. The minimum Gasteiger partial charge on any atom is -0.475 e. The molecule has 0 spiro atoms. The summed E-state index contributed by atoms with van der Waals surface area (Å²) in [6.45, 7) is 6.94. The molecule has 0 amide bonds. The summed E-state index contributed by atoms with van der Waals surface area (Å²) in [5.41, 5.74) is 7.96. The summed E-state index contributed by atoms with van der Waals surface area (Å²) < 4.78 is 12.9. The summed E-state index contributed by atoms with van der Waals surface area (Å²) in [6.07, 6.45) is 0. The second kappa shape index (κ2) is 6.81. The van der Waals surface area contributed by atoms with Crippen LogP contribution in [-0.2, 0) is 4.74 Å². The number of para-hydroxylation sites is 1. The van der Waals surface area contributed by atoms with Crippen LogP contribution in [0.1, 0.15) is 5.56 Å². The van der Waals surface area contributed by atoms with Gasteiger partial charge >= 0.3 is 0 Å². The molecule has 2 N–H and O–H groups in total. The van der Waals surface area contributed by atoms with Crippen molar-refractivity contribution in [1.29, 1.82) is 0 Å². The Morgan fingerprint density at radius 2 is 1.95 bits per heavy atom. The Morgan fingerprint density at radius 1 is 1.23 bits per heavy atom. The van der Waals surface area contributed by atoms with E-state index in [1.165, 1.54) is 0 Å². The van der Waals surface area contributed by atoms with Gasteiger partial charge in [-0.2, -0.15) is 0 Å². The molecule has 1 fully saturated rings. The quantitative estimate of drug-likeness (QED) is 0.906. The Kier molecular flexibility index (Phi) is 4.60. The first-order chi connectivity index (χ1) is 10.8. The van der Waals surface area contributed by atoms with Crippen molar-refractivity contribution in [2.24, 2.45) is 0 Å². The maximum Gasteiger partial charge on any atom is 0.238 e. The number of ether oxygens (including phenoxy) is 2. The lowest BCUT2D eigenvalue weighted by Crippen LogP contribution is -2.38. The second-order valence-corrected chi connectivity index (χ2v) is 5.37. The molecule has 1 aromatic heterocycles. The average molecular weight is 302 g/mol. The molecule has 22 heavy (non-hydrogen) atoms. The van der Waals surface area contributed by atoms with E-state index in [0.717, 1.165) is 44.1 Å². The van der Waals surface area contributed by atoms with Crippen molar-refractivity contribution in [2.75, 3.05) is 45.2 Å². The molecule has 1 saturated heterocycles. The fraction of sp³-hybridized carbons (Fsp3) is 0.438. The number of hydrogen-bond acceptors (Lipinski definition) is 5. The molecule has 6 heteroatoms. The molecule has 3 rings (SSSR count). The van der Waals surface area contributed by atoms with Crippen LogP contribution in [0.2, 0.25) is 0 Å². The van der Waals surface area contributed by atoms with Gasteiger partial charge in [0.05, 0.1) is 24.5 Å². The van der Waals surface area contributed by atoms with E-state index in [0.29, 0.717) is 18.3 Å². The highest BCUT2D eigenvalue weighted by molar-refractivity contribution is 5.51. The SMILES string of the molecule is Cc1c(OCCN2CCOCC2)nn(-c2ccccc2)c1N. The highest BCUT2D eigenvalue weighted by atomic mass is 16.5. The number of morpholine rings is 1. The Labute approximate surface area is 130 Å². The van der Waals surface area contributed by atoms with Gasteiger partial charge in [0.2, 0.25) is 5.88 Å². The van der Waals surface area contributed by atoms with Crippen molar-refractivity contribution < 1.29 is 9.47 Å². The van der Waals surface area contributed by atoms with E-state index in [1.807, 2.05) is 37.3 Å². The van der Waals surface area contributed by atoms with Crippen molar-refractivity contribution in [2.45, 2.75) is 6.92 Å². The maximum absolute atomic E-state index is 6.14. The number of anilines is 1. The van der Waals surface area contributed by atoms with Crippen molar-refractivity contribution in [1.82, 2.24) is 14.7 Å². The zero-order valence-corrected chi connectivity index (χ0v) is 12.9. The molecule has 2 heterocycles. The number of nitrogens with two attached hydrogens (primary N) is 1. The zero-order valence-electron chi connectivity index (χ0n) is 12.9. The minimum atomic E-state index is 0.603. The molecule has 1 aromatic carbocycles. The molecule has 2 aromatic rings. The van der Waals surface area contributed by atoms with Crippen molar-refractivity contribution >= 4 is 5.82 Å². The van der Waals surface area contributed by atoms with Gasteiger partial charge < -0.3 is 15.2 Å². The van der Waals surface area contributed by atoms with Crippen LogP contribution in [0.3, 0.4) is 0 Å². The fourth-order valence-corrected chi connectivity index (χ4v) is 2.49. The minimum absolute atomic E-state index is 0.603. The van der Waals surface area contributed by atoms with Gasteiger partial charge in [0.15, 0.2) is 0 Å². The molecule has 0 radical (unpaired) electrons. The predicted octanol–water partition coefficient (Wildman–Crippen LogP) is 1.47. The highest BCUT2D eigenvalue weighted by Crippen LogP contribution is 2.25. The summed E-state index contributed by atoms with van der Waals surface area (Å²) in [7, 11) is 0. The number of rotatable bonds is 5. The summed E-state index contributed by atoms with van der Waals surface area (Å²) in [6, 6.07) is 9.84. The topological polar surface area (TPSA) is 65.5 Å². The van der Waals surface area contributed by atoms with E-state index in [2.05, 4.69) is 10.00 Å². The van der Waals surface area contributed by atoms with Gasteiger partial charge in [-0.15, -0.1) is 5.10 Å². The fourth-order valence-electron chi connectivity index (χ4n) is 2.49. The lowest BCUT2D eigenvalue weighted by atomic mass is 10.3. The molecular weight excluding hydrogens is 280 g/mol. The van der Waals surface area contributed by atoms with Gasteiger partial charge in [-0.05, 0) is 19.1 Å². The predicted molar refractivity (Wildman–Crippen MR) is 85.5 cm³/mol.